The van der Waals surface area contributed by atoms with E-state index in [2.05, 4.69) is 25.6 Å². The third-order valence-electron chi connectivity index (χ3n) is 3.40. The lowest BCUT2D eigenvalue weighted by Crippen LogP contribution is -2.14. The molecule has 0 spiro atoms. The van der Waals surface area contributed by atoms with Crippen LogP contribution in [0.25, 0.3) is 5.69 Å². The standard InChI is InChI=1S/C17H15N5O4/c1-25-16(23)10-26-15-7-3-5-13(9-15)19-17(24)12-4-2-6-14(8-12)22-11-18-20-21-22/h2-9,11H,10H2,1H3,(H,19,24). The molecule has 0 radical (unpaired) electrons. The van der Waals surface area contributed by atoms with E-state index < -0.39 is 5.97 Å². The molecule has 1 N–H and O–H groups in total. The number of methoxy groups -OCH3 is 1. The summed E-state index contributed by atoms with van der Waals surface area (Å²) >= 11 is 0. The van der Waals surface area contributed by atoms with Crippen molar-refractivity contribution in [1.82, 2.24) is 20.2 Å². The van der Waals surface area contributed by atoms with Gasteiger partial charge in [0.25, 0.3) is 5.91 Å². The Morgan fingerprint density at radius 1 is 1.15 bits per heavy atom. The second kappa shape index (κ2) is 7.88. The molecule has 0 aliphatic rings. The number of esters is 1. The fraction of sp³-hybridized carbons (Fsp3) is 0.118. The molecule has 1 heterocycles. The Balaban J connectivity index is 1.70. The van der Waals surface area contributed by atoms with Gasteiger partial charge in [0.2, 0.25) is 0 Å². The van der Waals surface area contributed by atoms with Gasteiger partial charge in [-0.25, -0.2) is 9.48 Å². The number of hydrogen-bond donors (Lipinski definition) is 1. The zero-order chi connectivity index (χ0) is 18.4. The van der Waals surface area contributed by atoms with E-state index in [9.17, 15) is 9.59 Å². The third kappa shape index (κ3) is 4.20. The smallest absolute Gasteiger partial charge is 0.343 e. The number of benzene rings is 2. The van der Waals surface area contributed by atoms with E-state index in [4.69, 9.17) is 4.74 Å². The Morgan fingerprint density at radius 3 is 2.77 bits per heavy atom. The number of tetrazole rings is 1. The van der Waals surface area contributed by atoms with E-state index in [1.54, 1.807) is 48.5 Å². The van der Waals surface area contributed by atoms with Crippen LogP contribution in [0.4, 0.5) is 5.69 Å². The Kier molecular flexibility index (Phi) is 5.18. The summed E-state index contributed by atoms with van der Waals surface area (Å²) in [5, 5.41) is 13.7. The van der Waals surface area contributed by atoms with Gasteiger partial charge in [-0.1, -0.05) is 12.1 Å². The number of rotatable bonds is 6. The number of carbonyl (C=O) groups is 2. The number of hydrogen-bond acceptors (Lipinski definition) is 7. The fourth-order valence-corrected chi connectivity index (χ4v) is 2.14. The van der Waals surface area contributed by atoms with Crippen molar-refractivity contribution in [3.63, 3.8) is 0 Å². The summed E-state index contributed by atoms with van der Waals surface area (Å²) in [6.45, 7) is -0.206. The molecular weight excluding hydrogens is 338 g/mol. The molecule has 0 unspecified atom stereocenters. The highest BCUT2D eigenvalue weighted by atomic mass is 16.6. The number of ether oxygens (including phenoxy) is 2. The van der Waals surface area contributed by atoms with Crippen molar-refractivity contribution in [2.75, 3.05) is 19.0 Å². The van der Waals surface area contributed by atoms with E-state index in [1.807, 2.05) is 0 Å². The van der Waals surface area contributed by atoms with Crippen molar-refractivity contribution < 1.29 is 19.1 Å². The first-order chi connectivity index (χ1) is 12.7. The lowest BCUT2D eigenvalue weighted by atomic mass is 10.2. The molecule has 26 heavy (non-hydrogen) atoms. The van der Waals surface area contributed by atoms with Crippen LogP contribution in [0.3, 0.4) is 0 Å². The number of nitrogens with zero attached hydrogens (tertiary/aromatic N) is 4. The second-order valence-electron chi connectivity index (χ2n) is 5.15. The van der Waals surface area contributed by atoms with Gasteiger partial charge in [-0.05, 0) is 40.8 Å². The molecule has 0 bridgehead atoms. The minimum atomic E-state index is -0.487. The monoisotopic (exact) mass is 353 g/mol. The van der Waals surface area contributed by atoms with Gasteiger partial charge in [0.15, 0.2) is 6.61 Å². The molecule has 9 heteroatoms. The molecule has 2 aromatic carbocycles. The van der Waals surface area contributed by atoms with E-state index >= 15 is 0 Å². The normalized spacial score (nSPS) is 10.2. The quantitative estimate of drug-likeness (QED) is 0.668. The zero-order valence-corrected chi connectivity index (χ0v) is 13.8. The van der Waals surface area contributed by atoms with Gasteiger partial charge in [-0.2, -0.15) is 0 Å². The van der Waals surface area contributed by atoms with Gasteiger partial charge in [0.1, 0.15) is 12.1 Å². The summed E-state index contributed by atoms with van der Waals surface area (Å²) in [4.78, 5) is 23.6. The first-order valence-electron chi connectivity index (χ1n) is 7.60. The van der Waals surface area contributed by atoms with E-state index in [0.29, 0.717) is 22.7 Å². The minimum Gasteiger partial charge on any atom is -0.482 e. The number of anilines is 1. The summed E-state index contributed by atoms with van der Waals surface area (Å²) in [7, 11) is 1.28. The van der Waals surface area contributed by atoms with Crippen LogP contribution in [0, 0.1) is 0 Å². The van der Waals surface area contributed by atoms with Crippen LogP contribution in [0.1, 0.15) is 10.4 Å². The molecule has 3 aromatic rings. The number of carbonyl (C=O) groups excluding carboxylic acids is 2. The highest BCUT2D eigenvalue weighted by molar-refractivity contribution is 6.04. The fourth-order valence-electron chi connectivity index (χ4n) is 2.14. The van der Waals surface area contributed by atoms with Gasteiger partial charge in [-0.15, -0.1) is 5.10 Å². The average Bonchev–Trinajstić information content (AvgIpc) is 3.21. The maximum atomic E-state index is 12.5. The van der Waals surface area contributed by atoms with Crippen molar-refractivity contribution in [3.8, 4) is 11.4 Å². The Morgan fingerprint density at radius 2 is 2.00 bits per heavy atom. The lowest BCUT2D eigenvalue weighted by molar-refractivity contribution is -0.142. The topological polar surface area (TPSA) is 108 Å². The molecular formula is C17H15N5O4. The van der Waals surface area contributed by atoms with Gasteiger partial charge in [0, 0.05) is 17.3 Å². The Hall–Kier alpha value is -3.75. The first-order valence-corrected chi connectivity index (χ1v) is 7.60. The molecule has 0 aliphatic carbocycles. The SMILES string of the molecule is COC(=O)COc1cccc(NC(=O)c2cccc(-n3cnnn3)c2)c1. The second-order valence-corrected chi connectivity index (χ2v) is 5.15. The average molecular weight is 353 g/mol. The van der Waals surface area contributed by atoms with Crippen LogP contribution in [0.15, 0.2) is 54.9 Å². The molecule has 1 amide bonds. The van der Waals surface area contributed by atoms with Crippen LogP contribution in [-0.2, 0) is 9.53 Å². The summed E-state index contributed by atoms with van der Waals surface area (Å²) < 4.78 is 11.3. The van der Waals surface area contributed by atoms with Crippen molar-refractivity contribution in [2.45, 2.75) is 0 Å². The molecule has 132 valence electrons. The highest BCUT2D eigenvalue weighted by Gasteiger charge is 2.09. The largest absolute Gasteiger partial charge is 0.482 e. The predicted octanol–water partition coefficient (Wildman–Crippen LogP) is 1.47. The summed E-state index contributed by atoms with van der Waals surface area (Å²) in [5.74, 6) is -0.348. The summed E-state index contributed by atoms with van der Waals surface area (Å²) in [6.07, 6.45) is 1.44. The van der Waals surface area contributed by atoms with Gasteiger partial charge < -0.3 is 14.8 Å². The maximum Gasteiger partial charge on any atom is 0.343 e. The molecule has 0 aliphatic heterocycles. The molecule has 3 rings (SSSR count). The first kappa shape index (κ1) is 17.1. The molecule has 0 fully saturated rings. The number of aromatic nitrogens is 4. The van der Waals surface area contributed by atoms with Gasteiger partial charge >= 0.3 is 5.97 Å². The van der Waals surface area contributed by atoms with E-state index in [1.165, 1.54) is 18.1 Å². The minimum absolute atomic E-state index is 0.206. The molecule has 1 aromatic heterocycles. The van der Waals surface area contributed by atoms with Crippen LogP contribution in [0.2, 0.25) is 0 Å². The van der Waals surface area contributed by atoms with Gasteiger partial charge in [-0.3, -0.25) is 4.79 Å². The maximum absolute atomic E-state index is 12.5. The molecule has 0 atom stereocenters. The zero-order valence-electron chi connectivity index (χ0n) is 13.8. The molecule has 9 nitrogen and oxygen atoms in total. The van der Waals surface area contributed by atoms with Crippen LogP contribution >= 0.6 is 0 Å². The Bertz CT molecular complexity index is 911. The predicted molar refractivity (Wildman–Crippen MR) is 91.1 cm³/mol. The van der Waals surface area contributed by atoms with Crippen molar-refractivity contribution in [2.24, 2.45) is 0 Å². The van der Waals surface area contributed by atoms with Crippen molar-refractivity contribution >= 4 is 17.6 Å². The van der Waals surface area contributed by atoms with Crippen LogP contribution in [0.5, 0.6) is 5.75 Å². The number of nitrogens with one attached hydrogen (secondary N) is 1. The summed E-state index contributed by atoms with van der Waals surface area (Å²) in [5.41, 5.74) is 1.64. The van der Waals surface area contributed by atoms with E-state index in [0.717, 1.165) is 0 Å². The lowest BCUT2D eigenvalue weighted by Gasteiger charge is -2.09. The third-order valence-corrected chi connectivity index (χ3v) is 3.40. The van der Waals surface area contributed by atoms with Crippen LogP contribution in [-0.4, -0.2) is 45.8 Å². The van der Waals surface area contributed by atoms with Gasteiger partial charge in [0.05, 0.1) is 12.8 Å². The number of amides is 1. The molecule has 0 saturated heterocycles. The highest BCUT2D eigenvalue weighted by Crippen LogP contribution is 2.18. The van der Waals surface area contributed by atoms with Crippen molar-refractivity contribution in [3.05, 3.63) is 60.4 Å². The summed E-state index contributed by atoms with van der Waals surface area (Å²) in [6, 6.07) is 13.6. The van der Waals surface area contributed by atoms with Crippen LogP contribution < -0.4 is 10.1 Å². The van der Waals surface area contributed by atoms with Crippen molar-refractivity contribution in [1.29, 1.82) is 0 Å². The van der Waals surface area contributed by atoms with E-state index in [-0.39, 0.29) is 12.5 Å². The Labute approximate surface area is 148 Å². The molecule has 0 saturated carbocycles.